The first-order valence-corrected chi connectivity index (χ1v) is 14.3. The van der Waals surface area contributed by atoms with E-state index in [0.29, 0.717) is 22.0 Å². The smallest absolute Gasteiger partial charge is 0.243 e. The molecule has 0 heterocycles. The summed E-state index contributed by atoms with van der Waals surface area (Å²) in [5.74, 6) is -0.565. The van der Waals surface area contributed by atoms with Crippen molar-refractivity contribution in [1.82, 2.24) is 10.2 Å². The number of hydrogen-bond donors (Lipinski definition) is 1. The van der Waals surface area contributed by atoms with Crippen LogP contribution in [0.1, 0.15) is 48.4 Å². The van der Waals surface area contributed by atoms with Crippen LogP contribution in [0.3, 0.4) is 0 Å². The van der Waals surface area contributed by atoms with Gasteiger partial charge in [-0.15, -0.1) is 0 Å². The van der Waals surface area contributed by atoms with Gasteiger partial charge < -0.3 is 10.2 Å². The van der Waals surface area contributed by atoms with Crippen molar-refractivity contribution in [3.8, 4) is 0 Å². The summed E-state index contributed by atoms with van der Waals surface area (Å²) in [5, 5.41) is 3.94. The summed E-state index contributed by atoms with van der Waals surface area (Å²) in [7, 11) is 0. The van der Waals surface area contributed by atoms with Crippen molar-refractivity contribution in [1.29, 1.82) is 0 Å². The van der Waals surface area contributed by atoms with E-state index in [1.807, 2.05) is 105 Å². The summed E-state index contributed by atoms with van der Waals surface area (Å²) in [6, 6.07) is 34.1. The van der Waals surface area contributed by atoms with Crippen molar-refractivity contribution in [2.75, 3.05) is 0 Å². The fraction of sp³-hybridized carbons (Fsp3) is 0.235. The van der Waals surface area contributed by atoms with Gasteiger partial charge in [0.15, 0.2) is 0 Å². The fourth-order valence-corrected chi connectivity index (χ4v) is 5.40. The highest BCUT2D eigenvalue weighted by molar-refractivity contribution is 6.36. The normalized spacial score (nSPS) is 11.8. The Morgan fingerprint density at radius 1 is 0.725 bits per heavy atom. The lowest BCUT2D eigenvalue weighted by Crippen LogP contribution is -2.52. The molecule has 0 bridgehead atoms. The zero-order valence-corrected chi connectivity index (χ0v) is 24.3. The van der Waals surface area contributed by atoms with Crippen molar-refractivity contribution in [2.24, 2.45) is 0 Å². The monoisotopic (exact) mass is 572 g/mol. The molecular weight excluding hydrogens is 539 g/mol. The van der Waals surface area contributed by atoms with E-state index < -0.39 is 6.04 Å². The molecule has 6 heteroatoms. The summed E-state index contributed by atoms with van der Waals surface area (Å²) in [4.78, 5) is 29.8. The van der Waals surface area contributed by atoms with Crippen LogP contribution in [0.2, 0.25) is 10.0 Å². The molecule has 0 fully saturated rings. The maximum atomic E-state index is 14.4. The second kappa shape index (κ2) is 14.2. The van der Waals surface area contributed by atoms with Crippen molar-refractivity contribution in [2.45, 2.75) is 51.2 Å². The third-order valence-corrected chi connectivity index (χ3v) is 7.58. The lowest BCUT2D eigenvalue weighted by atomic mass is 9.87. The Hall–Kier alpha value is -3.60. The minimum atomic E-state index is -0.767. The number of benzene rings is 4. The molecule has 0 aliphatic carbocycles. The van der Waals surface area contributed by atoms with E-state index in [0.717, 1.165) is 16.7 Å². The molecule has 0 spiro atoms. The SMILES string of the molecule is CC(C)NC(=O)[C@@H](Cc1ccccc1)N(Cc1c(Cl)cccc1Cl)C(=O)CC(c1ccccc1)c1ccccc1. The number of nitrogens with one attached hydrogen (secondary N) is 1. The number of carbonyl (C=O) groups excluding carboxylic acids is 2. The van der Waals surface area contributed by atoms with Crippen LogP contribution in [-0.2, 0) is 22.6 Å². The molecule has 1 atom stereocenters. The standard InChI is InChI=1S/C34H34Cl2N2O2/c1-24(2)37-34(40)32(21-25-13-6-3-7-14-25)38(23-29-30(35)19-12-20-31(29)36)33(39)22-28(26-15-8-4-9-16-26)27-17-10-5-11-18-27/h3-20,24,28,32H,21-23H2,1-2H3,(H,37,40)/t32-/m1/s1. The predicted octanol–water partition coefficient (Wildman–Crippen LogP) is 7.68. The summed E-state index contributed by atoms with van der Waals surface area (Å²) < 4.78 is 0. The number of nitrogens with zero attached hydrogens (tertiary/aromatic N) is 1. The van der Waals surface area contributed by atoms with Crippen molar-refractivity contribution >= 4 is 35.0 Å². The Labute approximate surface area is 246 Å². The van der Waals surface area contributed by atoms with E-state index in [1.54, 1.807) is 23.1 Å². The van der Waals surface area contributed by atoms with Crippen LogP contribution in [0.5, 0.6) is 0 Å². The van der Waals surface area contributed by atoms with Crippen LogP contribution in [0.15, 0.2) is 109 Å². The van der Waals surface area contributed by atoms with Crippen LogP contribution < -0.4 is 5.32 Å². The van der Waals surface area contributed by atoms with Gasteiger partial charge in [0.25, 0.3) is 0 Å². The van der Waals surface area contributed by atoms with Crippen LogP contribution in [0, 0.1) is 0 Å². The molecule has 206 valence electrons. The van der Waals surface area contributed by atoms with E-state index >= 15 is 0 Å². The lowest BCUT2D eigenvalue weighted by molar-refractivity contribution is -0.141. The van der Waals surface area contributed by atoms with E-state index in [2.05, 4.69) is 5.32 Å². The van der Waals surface area contributed by atoms with E-state index in [1.165, 1.54) is 0 Å². The Balaban J connectivity index is 1.77. The molecule has 4 aromatic rings. The fourth-order valence-electron chi connectivity index (χ4n) is 4.88. The van der Waals surface area contributed by atoms with Gasteiger partial charge in [0.2, 0.25) is 11.8 Å². The van der Waals surface area contributed by atoms with Crippen LogP contribution in [0.25, 0.3) is 0 Å². The van der Waals surface area contributed by atoms with Gasteiger partial charge in [-0.2, -0.15) is 0 Å². The maximum absolute atomic E-state index is 14.4. The van der Waals surface area contributed by atoms with Crippen LogP contribution in [0.4, 0.5) is 0 Å². The van der Waals surface area contributed by atoms with Crippen LogP contribution in [-0.4, -0.2) is 28.8 Å². The van der Waals surface area contributed by atoms with Crippen molar-refractivity contribution in [3.63, 3.8) is 0 Å². The number of halogens is 2. The molecule has 0 aliphatic rings. The Bertz CT molecular complexity index is 1340. The third kappa shape index (κ3) is 7.74. The topological polar surface area (TPSA) is 49.4 Å². The van der Waals surface area contributed by atoms with Crippen molar-refractivity contribution < 1.29 is 9.59 Å². The highest BCUT2D eigenvalue weighted by Gasteiger charge is 2.33. The summed E-state index contributed by atoms with van der Waals surface area (Å²) in [6.07, 6.45) is 0.533. The zero-order valence-electron chi connectivity index (χ0n) is 22.8. The number of rotatable bonds is 11. The number of hydrogen-bond acceptors (Lipinski definition) is 2. The second-order valence-electron chi connectivity index (χ2n) is 10.2. The first kappa shape index (κ1) is 29.4. The van der Waals surface area contributed by atoms with E-state index in [4.69, 9.17) is 23.2 Å². The molecule has 4 nitrogen and oxygen atoms in total. The molecule has 4 rings (SSSR count). The summed E-state index contributed by atoms with van der Waals surface area (Å²) in [5.41, 5.74) is 3.63. The first-order chi connectivity index (χ1) is 19.3. The van der Waals surface area contributed by atoms with Gasteiger partial charge in [0.05, 0.1) is 0 Å². The molecule has 0 aromatic heterocycles. The van der Waals surface area contributed by atoms with Gasteiger partial charge in [-0.25, -0.2) is 0 Å². The molecule has 0 saturated carbocycles. The average Bonchev–Trinajstić information content (AvgIpc) is 2.96. The Morgan fingerprint density at radius 3 is 1.73 bits per heavy atom. The number of carbonyl (C=O) groups is 2. The van der Waals surface area contributed by atoms with Crippen molar-refractivity contribution in [3.05, 3.63) is 141 Å². The zero-order chi connectivity index (χ0) is 28.5. The first-order valence-electron chi connectivity index (χ1n) is 13.5. The molecule has 0 radical (unpaired) electrons. The highest BCUT2D eigenvalue weighted by Crippen LogP contribution is 2.32. The largest absolute Gasteiger partial charge is 0.352 e. The van der Waals surface area contributed by atoms with E-state index in [-0.39, 0.29) is 36.7 Å². The van der Waals surface area contributed by atoms with Gasteiger partial charge >= 0.3 is 0 Å². The lowest BCUT2D eigenvalue weighted by Gasteiger charge is -2.33. The Kier molecular flexibility index (Phi) is 10.4. The minimum Gasteiger partial charge on any atom is -0.352 e. The molecule has 40 heavy (non-hydrogen) atoms. The van der Waals surface area contributed by atoms with Gasteiger partial charge in [-0.3, -0.25) is 9.59 Å². The quantitative estimate of drug-likeness (QED) is 0.200. The van der Waals surface area contributed by atoms with Gasteiger partial charge in [-0.05, 0) is 42.7 Å². The van der Waals surface area contributed by atoms with Gasteiger partial charge in [-0.1, -0.05) is 120 Å². The second-order valence-corrected chi connectivity index (χ2v) is 11.0. The highest BCUT2D eigenvalue weighted by atomic mass is 35.5. The third-order valence-electron chi connectivity index (χ3n) is 6.87. The molecule has 0 aliphatic heterocycles. The summed E-state index contributed by atoms with van der Waals surface area (Å²) in [6.45, 7) is 3.93. The van der Waals surface area contributed by atoms with Gasteiger partial charge in [0, 0.05) is 47.0 Å². The minimum absolute atomic E-state index is 0.0898. The average molecular weight is 574 g/mol. The molecule has 4 aromatic carbocycles. The molecule has 2 amide bonds. The summed E-state index contributed by atoms with van der Waals surface area (Å²) >= 11 is 13.2. The predicted molar refractivity (Wildman–Crippen MR) is 164 cm³/mol. The molecule has 0 saturated heterocycles. The maximum Gasteiger partial charge on any atom is 0.243 e. The molecular formula is C34H34Cl2N2O2. The number of amides is 2. The molecule has 1 N–H and O–H groups in total. The van der Waals surface area contributed by atoms with Gasteiger partial charge in [0.1, 0.15) is 6.04 Å². The Morgan fingerprint density at radius 2 is 1.23 bits per heavy atom. The van der Waals surface area contributed by atoms with E-state index in [9.17, 15) is 9.59 Å². The molecule has 0 unspecified atom stereocenters. The van der Waals surface area contributed by atoms with Crippen LogP contribution >= 0.6 is 23.2 Å².